The smallest absolute Gasteiger partial charge is 0.326 e. The standard InChI is InChI=1S/C23H45N11O7/c24-10-2-1-5-13(25)18(37)32-15(8-9-17(35)36)20(39)33-14(6-3-11-30-22(26)27)19(38)34-16(21(40)41)7-4-12-31-23(28)29/h13-16H,1-12,24-25H2,(H,32,37)(H,33,39)(H,34,38)(H,35,36)(H,40,41)(H4,26,27,30)(H4,28,29,31). The fraction of sp³-hybridized carbons (Fsp3) is 0.696. The van der Waals surface area contributed by atoms with Gasteiger partial charge in [0.2, 0.25) is 17.7 Å². The second-order valence-electron chi connectivity index (χ2n) is 9.24. The van der Waals surface area contributed by atoms with Gasteiger partial charge < -0.3 is 60.6 Å². The van der Waals surface area contributed by atoms with Crippen LogP contribution in [0.25, 0.3) is 0 Å². The van der Waals surface area contributed by atoms with Gasteiger partial charge in [0.25, 0.3) is 0 Å². The summed E-state index contributed by atoms with van der Waals surface area (Å²) in [7, 11) is 0. The molecule has 0 heterocycles. The Hall–Kier alpha value is -4.19. The maximum Gasteiger partial charge on any atom is 0.326 e. The summed E-state index contributed by atoms with van der Waals surface area (Å²) in [6.45, 7) is 0.670. The summed E-state index contributed by atoms with van der Waals surface area (Å²) in [5, 5.41) is 26.0. The van der Waals surface area contributed by atoms with Crippen LogP contribution in [0.15, 0.2) is 9.98 Å². The number of carboxylic acids is 2. The molecule has 0 aromatic heterocycles. The number of hydrogen-bond donors (Lipinski definition) is 11. The molecule has 0 aliphatic rings. The molecule has 0 aromatic carbocycles. The largest absolute Gasteiger partial charge is 0.481 e. The van der Waals surface area contributed by atoms with Crippen molar-refractivity contribution in [2.75, 3.05) is 19.6 Å². The van der Waals surface area contributed by atoms with Crippen LogP contribution in [0.4, 0.5) is 0 Å². The summed E-state index contributed by atoms with van der Waals surface area (Å²) in [5.74, 6) is -5.21. The zero-order valence-electron chi connectivity index (χ0n) is 23.1. The summed E-state index contributed by atoms with van der Waals surface area (Å²) in [6.07, 6.45) is 1.22. The van der Waals surface area contributed by atoms with Gasteiger partial charge in [-0.3, -0.25) is 29.2 Å². The number of unbranched alkanes of at least 4 members (excludes halogenated alkanes) is 1. The molecule has 18 heteroatoms. The molecule has 234 valence electrons. The molecule has 41 heavy (non-hydrogen) atoms. The molecular weight excluding hydrogens is 542 g/mol. The molecule has 0 bridgehead atoms. The van der Waals surface area contributed by atoms with E-state index in [2.05, 4.69) is 25.9 Å². The Balaban J connectivity index is 5.67. The van der Waals surface area contributed by atoms with E-state index in [9.17, 15) is 29.1 Å². The highest BCUT2D eigenvalue weighted by molar-refractivity contribution is 5.94. The summed E-state index contributed by atoms with van der Waals surface area (Å²) in [4.78, 5) is 69.3. The van der Waals surface area contributed by atoms with Crippen molar-refractivity contribution in [2.24, 2.45) is 44.4 Å². The van der Waals surface area contributed by atoms with Crippen LogP contribution in [0, 0.1) is 0 Å². The lowest BCUT2D eigenvalue weighted by Crippen LogP contribution is -2.57. The molecule has 0 rings (SSSR count). The lowest BCUT2D eigenvalue weighted by atomic mass is 10.0. The summed E-state index contributed by atoms with van der Waals surface area (Å²) in [5.41, 5.74) is 32.5. The van der Waals surface area contributed by atoms with Gasteiger partial charge in [0.05, 0.1) is 6.04 Å². The SMILES string of the molecule is NCCCCC(N)C(=O)NC(CCC(=O)O)C(=O)NC(CCCN=C(N)N)C(=O)NC(CCCN=C(N)N)C(=O)O. The number of nitrogens with two attached hydrogens (primary N) is 6. The molecule has 0 fully saturated rings. The van der Waals surface area contributed by atoms with Crippen molar-refractivity contribution in [3.63, 3.8) is 0 Å². The van der Waals surface area contributed by atoms with Gasteiger partial charge in [0, 0.05) is 19.5 Å². The second-order valence-corrected chi connectivity index (χ2v) is 9.24. The van der Waals surface area contributed by atoms with Crippen LogP contribution < -0.4 is 50.4 Å². The first kappa shape index (κ1) is 36.8. The van der Waals surface area contributed by atoms with Crippen LogP contribution in [-0.4, -0.2) is 95.6 Å². The Labute approximate surface area is 238 Å². The fourth-order valence-electron chi connectivity index (χ4n) is 3.53. The number of amides is 3. The highest BCUT2D eigenvalue weighted by atomic mass is 16.4. The minimum absolute atomic E-state index is 0.00705. The molecule has 0 saturated carbocycles. The Morgan fingerprint density at radius 1 is 0.634 bits per heavy atom. The number of carboxylic acid groups (broad SMARTS) is 2. The van der Waals surface area contributed by atoms with Crippen molar-refractivity contribution in [1.82, 2.24) is 16.0 Å². The van der Waals surface area contributed by atoms with Gasteiger partial charge in [-0.05, 0) is 51.5 Å². The predicted octanol–water partition coefficient (Wildman–Crippen LogP) is -4.05. The minimum atomic E-state index is -1.33. The van der Waals surface area contributed by atoms with Crippen LogP contribution in [0.2, 0.25) is 0 Å². The van der Waals surface area contributed by atoms with Crippen LogP contribution in [0.1, 0.15) is 57.8 Å². The number of aliphatic imine (C=N–C) groups is 2. The first-order valence-electron chi connectivity index (χ1n) is 13.2. The predicted molar refractivity (Wildman–Crippen MR) is 151 cm³/mol. The third-order valence-electron chi connectivity index (χ3n) is 5.72. The Morgan fingerprint density at radius 2 is 1.10 bits per heavy atom. The van der Waals surface area contributed by atoms with E-state index in [1.807, 2.05) is 0 Å². The Morgan fingerprint density at radius 3 is 1.56 bits per heavy atom. The highest BCUT2D eigenvalue weighted by Gasteiger charge is 2.30. The number of nitrogens with one attached hydrogen (secondary N) is 3. The molecule has 4 unspecified atom stereocenters. The van der Waals surface area contributed by atoms with E-state index in [-0.39, 0.29) is 57.1 Å². The van der Waals surface area contributed by atoms with Crippen molar-refractivity contribution in [3.8, 4) is 0 Å². The van der Waals surface area contributed by atoms with Crippen LogP contribution >= 0.6 is 0 Å². The Bertz CT molecular complexity index is 922. The van der Waals surface area contributed by atoms with Gasteiger partial charge in [-0.15, -0.1) is 0 Å². The van der Waals surface area contributed by atoms with E-state index in [0.717, 1.165) is 0 Å². The highest BCUT2D eigenvalue weighted by Crippen LogP contribution is 2.07. The molecular formula is C23H45N11O7. The number of carbonyl (C=O) groups is 5. The first-order valence-corrected chi connectivity index (χ1v) is 13.2. The maximum absolute atomic E-state index is 13.1. The monoisotopic (exact) mass is 587 g/mol. The average molecular weight is 588 g/mol. The number of rotatable bonds is 22. The maximum atomic E-state index is 13.1. The first-order chi connectivity index (χ1) is 19.3. The normalized spacial score (nSPS) is 13.5. The van der Waals surface area contributed by atoms with Crippen molar-refractivity contribution >= 4 is 41.6 Å². The van der Waals surface area contributed by atoms with Crippen molar-refractivity contribution in [3.05, 3.63) is 0 Å². The van der Waals surface area contributed by atoms with Gasteiger partial charge in [-0.2, -0.15) is 0 Å². The van der Waals surface area contributed by atoms with Crippen LogP contribution in [0.3, 0.4) is 0 Å². The molecule has 0 saturated heterocycles. The molecule has 4 atom stereocenters. The van der Waals surface area contributed by atoms with Gasteiger partial charge in [-0.25, -0.2) is 4.79 Å². The molecule has 3 amide bonds. The van der Waals surface area contributed by atoms with E-state index >= 15 is 0 Å². The molecule has 0 aliphatic heterocycles. The number of aliphatic carboxylic acids is 2. The minimum Gasteiger partial charge on any atom is -0.481 e. The van der Waals surface area contributed by atoms with Gasteiger partial charge in [-0.1, -0.05) is 6.42 Å². The van der Waals surface area contributed by atoms with E-state index < -0.39 is 60.2 Å². The van der Waals surface area contributed by atoms with Crippen LogP contribution in [-0.2, 0) is 24.0 Å². The van der Waals surface area contributed by atoms with E-state index in [1.165, 1.54) is 0 Å². The lowest BCUT2D eigenvalue weighted by Gasteiger charge is -2.25. The van der Waals surface area contributed by atoms with E-state index in [1.54, 1.807) is 0 Å². The zero-order chi connectivity index (χ0) is 31.4. The number of nitrogens with zero attached hydrogens (tertiary/aromatic N) is 2. The summed E-state index contributed by atoms with van der Waals surface area (Å²) < 4.78 is 0. The quantitative estimate of drug-likeness (QED) is 0.0326. The summed E-state index contributed by atoms with van der Waals surface area (Å²) in [6, 6.07) is -4.88. The number of guanidine groups is 2. The number of carbonyl (C=O) groups excluding carboxylic acids is 3. The van der Waals surface area contributed by atoms with E-state index in [0.29, 0.717) is 25.8 Å². The lowest BCUT2D eigenvalue weighted by molar-refractivity contribution is -0.142. The second kappa shape index (κ2) is 20.7. The Kier molecular flexibility index (Phi) is 18.6. The van der Waals surface area contributed by atoms with Gasteiger partial charge >= 0.3 is 11.9 Å². The number of hydrogen-bond acceptors (Lipinski definition) is 9. The average Bonchev–Trinajstić information content (AvgIpc) is 2.88. The topological polar surface area (TPSA) is 343 Å². The van der Waals surface area contributed by atoms with E-state index in [4.69, 9.17) is 39.5 Å². The molecule has 17 N–H and O–H groups in total. The van der Waals surface area contributed by atoms with Crippen molar-refractivity contribution < 1.29 is 34.2 Å². The molecule has 0 spiro atoms. The van der Waals surface area contributed by atoms with Gasteiger partial charge in [0.15, 0.2) is 11.9 Å². The third-order valence-corrected chi connectivity index (χ3v) is 5.72. The molecule has 0 aromatic rings. The molecule has 18 nitrogen and oxygen atoms in total. The van der Waals surface area contributed by atoms with Crippen molar-refractivity contribution in [2.45, 2.75) is 82.0 Å². The fourth-order valence-corrected chi connectivity index (χ4v) is 3.53. The summed E-state index contributed by atoms with van der Waals surface area (Å²) >= 11 is 0. The third kappa shape index (κ3) is 17.9. The van der Waals surface area contributed by atoms with Crippen LogP contribution in [0.5, 0.6) is 0 Å². The molecule has 0 radical (unpaired) electrons. The zero-order valence-corrected chi connectivity index (χ0v) is 23.1. The van der Waals surface area contributed by atoms with Crippen molar-refractivity contribution in [1.29, 1.82) is 0 Å². The molecule has 0 aliphatic carbocycles. The van der Waals surface area contributed by atoms with Gasteiger partial charge in [0.1, 0.15) is 18.1 Å².